The fraction of sp³-hybridized carbons (Fsp3) is 0.385. The van der Waals surface area contributed by atoms with E-state index in [9.17, 15) is 4.79 Å². The van der Waals surface area contributed by atoms with Gasteiger partial charge in [-0.1, -0.05) is 6.07 Å². The Morgan fingerprint density at radius 1 is 1.14 bits per heavy atom. The van der Waals surface area contributed by atoms with Crippen LogP contribution in [0.15, 0.2) is 46.9 Å². The lowest BCUT2D eigenvalue weighted by Crippen LogP contribution is -2.53. The molecule has 11 heteroatoms. The smallest absolute Gasteiger partial charge is 0.247 e. The maximum absolute atomic E-state index is 13.4. The lowest BCUT2D eigenvalue weighted by molar-refractivity contribution is -0.126. The maximum atomic E-state index is 13.4. The van der Waals surface area contributed by atoms with Crippen LogP contribution in [0.4, 0.5) is 0 Å². The van der Waals surface area contributed by atoms with Gasteiger partial charge in [0.05, 0.1) is 12.6 Å². The molecule has 2 aromatic heterocycles. The van der Waals surface area contributed by atoms with Crippen LogP contribution in [-0.4, -0.2) is 88.7 Å². The van der Waals surface area contributed by atoms with Crippen molar-refractivity contribution in [3.63, 3.8) is 0 Å². The van der Waals surface area contributed by atoms with Crippen molar-refractivity contribution < 1.29 is 9.53 Å². The molecule has 3 N–H and O–H groups in total. The Morgan fingerprint density at radius 2 is 1.86 bits per heavy atom. The summed E-state index contributed by atoms with van der Waals surface area (Å²) in [6.07, 6.45) is 0. The first-order valence-corrected chi connectivity index (χ1v) is 13.0. The SMILES string of the molecule is COc1ccc(-c2nc3c4cccc(Br)c4nc([C@](C)(N)C(=O)NCCN4CCN(C)CC4)n3n2)cc1. The van der Waals surface area contributed by atoms with E-state index < -0.39 is 5.54 Å². The highest BCUT2D eigenvalue weighted by atomic mass is 79.9. The van der Waals surface area contributed by atoms with E-state index in [-0.39, 0.29) is 5.91 Å². The summed E-state index contributed by atoms with van der Waals surface area (Å²) in [4.78, 5) is 27.7. The van der Waals surface area contributed by atoms with Crippen LogP contribution in [0.3, 0.4) is 0 Å². The standard InChI is InChI=1S/C26H31BrN8O2/c1-26(28,25(36)29-11-12-34-15-13-33(2)14-16-34)24-30-21-19(5-4-6-20(21)27)23-31-22(32-35(23)24)17-7-9-18(37-3)10-8-17/h4-10H,11-16,28H2,1-3H3,(H,29,36)/t26-/m0/s1. The number of methoxy groups -OCH3 is 1. The van der Waals surface area contributed by atoms with Crippen LogP contribution in [0.1, 0.15) is 12.7 Å². The second kappa shape index (κ2) is 10.3. The van der Waals surface area contributed by atoms with E-state index in [4.69, 9.17) is 25.5 Å². The summed E-state index contributed by atoms with van der Waals surface area (Å²) in [7, 11) is 3.75. The fourth-order valence-electron chi connectivity index (χ4n) is 4.48. The number of nitrogens with one attached hydrogen (secondary N) is 1. The summed E-state index contributed by atoms with van der Waals surface area (Å²) in [5.74, 6) is 1.24. The van der Waals surface area contributed by atoms with Gasteiger partial charge in [-0.2, -0.15) is 4.52 Å². The maximum Gasteiger partial charge on any atom is 0.247 e. The zero-order valence-corrected chi connectivity index (χ0v) is 22.8. The Labute approximate surface area is 223 Å². The van der Waals surface area contributed by atoms with Gasteiger partial charge in [-0.05, 0) is 66.3 Å². The van der Waals surface area contributed by atoms with Crippen molar-refractivity contribution in [2.24, 2.45) is 5.73 Å². The highest BCUT2D eigenvalue weighted by Crippen LogP contribution is 2.30. The number of para-hydroxylation sites is 1. The van der Waals surface area contributed by atoms with Crippen LogP contribution in [0.2, 0.25) is 0 Å². The molecule has 0 spiro atoms. The molecule has 194 valence electrons. The number of nitrogens with two attached hydrogens (primary N) is 1. The van der Waals surface area contributed by atoms with Gasteiger partial charge in [-0.25, -0.2) is 9.97 Å². The second-order valence-corrected chi connectivity index (χ2v) is 10.4. The summed E-state index contributed by atoms with van der Waals surface area (Å²) >= 11 is 3.59. The third-order valence-electron chi connectivity index (χ3n) is 6.85. The summed E-state index contributed by atoms with van der Waals surface area (Å²) in [6.45, 7) is 6.97. The predicted octanol–water partition coefficient (Wildman–Crippen LogP) is 2.25. The van der Waals surface area contributed by atoms with Crippen LogP contribution in [0, 0.1) is 0 Å². The van der Waals surface area contributed by atoms with Crippen LogP contribution in [0.5, 0.6) is 5.75 Å². The lowest BCUT2D eigenvalue weighted by atomic mass is 10.0. The Hall–Kier alpha value is -3.12. The topological polar surface area (TPSA) is 114 Å². The minimum Gasteiger partial charge on any atom is -0.497 e. The molecule has 3 heterocycles. The molecular formula is C26H31BrN8O2. The molecule has 0 unspecified atom stereocenters. The van der Waals surface area contributed by atoms with E-state index in [1.54, 1.807) is 18.5 Å². The number of benzene rings is 2. The molecule has 1 amide bonds. The normalized spacial score (nSPS) is 16.7. The number of carbonyl (C=O) groups is 1. The first-order chi connectivity index (χ1) is 17.8. The number of piperazine rings is 1. The molecule has 37 heavy (non-hydrogen) atoms. The zero-order valence-electron chi connectivity index (χ0n) is 21.2. The van der Waals surface area contributed by atoms with Crippen molar-refractivity contribution in [2.75, 3.05) is 53.4 Å². The minimum absolute atomic E-state index is 0.311. The number of rotatable bonds is 7. The van der Waals surface area contributed by atoms with Gasteiger partial charge in [-0.15, -0.1) is 5.10 Å². The van der Waals surface area contributed by atoms with Crippen LogP contribution in [-0.2, 0) is 10.3 Å². The van der Waals surface area contributed by atoms with E-state index in [0.29, 0.717) is 29.4 Å². The van der Waals surface area contributed by atoms with E-state index in [0.717, 1.165) is 53.9 Å². The van der Waals surface area contributed by atoms with Gasteiger partial charge in [0.2, 0.25) is 5.91 Å². The number of aromatic nitrogens is 4. The lowest BCUT2D eigenvalue weighted by Gasteiger charge is -2.32. The number of amides is 1. The molecule has 10 nitrogen and oxygen atoms in total. The fourth-order valence-corrected chi connectivity index (χ4v) is 4.93. The molecule has 1 atom stereocenters. The summed E-state index contributed by atoms with van der Waals surface area (Å²) < 4.78 is 7.65. The third-order valence-corrected chi connectivity index (χ3v) is 7.49. The number of fused-ring (bicyclic) bond motifs is 3. The second-order valence-electron chi connectivity index (χ2n) is 9.57. The van der Waals surface area contributed by atoms with E-state index in [1.807, 2.05) is 42.5 Å². The first-order valence-electron chi connectivity index (χ1n) is 12.3. The van der Waals surface area contributed by atoms with Gasteiger partial charge in [0.1, 0.15) is 5.75 Å². The zero-order chi connectivity index (χ0) is 26.2. The van der Waals surface area contributed by atoms with E-state index in [1.165, 1.54) is 0 Å². The number of ether oxygens (including phenoxy) is 1. The molecule has 1 aliphatic rings. The van der Waals surface area contributed by atoms with Crippen molar-refractivity contribution in [1.29, 1.82) is 0 Å². The third kappa shape index (κ3) is 5.04. The van der Waals surface area contributed by atoms with Crippen LogP contribution >= 0.6 is 15.9 Å². The molecule has 0 saturated carbocycles. The largest absolute Gasteiger partial charge is 0.497 e. The molecule has 4 aromatic rings. The minimum atomic E-state index is -1.45. The average Bonchev–Trinajstić information content (AvgIpc) is 3.35. The van der Waals surface area contributed by atoms with Gasteiger partial charge in [0.25, 0.3) is 0 Å². The van der Waals surface area contributed by atoms with Gasteiger partial charge >= 0.3 is 0 Å². The summed E-state index contributed by atoms with van der Waals surface area (Å²) in [6, 6.07) is 13.3. The molecule has 0 bridgehead atoms. The van der Waals surface area contributed by atoms with Gasteiger partial charge < -0.3 is 20.7 Å². The number of halogens is 1. The molecule has 1 saturated heterocycles. The number of likely N-dealkylation sites (N-methyl/N-ethyl adjacent to an activating group) is 1. The van der Waals surface area contributed by atoms with Crippen LogP contribution < -0.4 is 15.8 Å². The number of hydrogen-bond donors (Lipinski definition) is 2. The van der Waals surface area contributed by atoms with Crippen molar-refractivity contribution in [1.82, 2.24) is 34.7 Å². The first kappa shape index (κ1) is 25.5. The molecular weight excluding hydrogens is 536 g/mol. The van der Waals surface area contributed by atoms with Gasteiger partial charge in [0.15, 0.2) is 22.8 Å². The molecule has 1 fully saturated rings. The molecule has 0 aliphatic carbocycles. The van der Waals surface area contributed by atoms with Gasteiger partial charge in [0, 0.05) is 54.7 Å². The quantitative estimate of drug-likeness (QED) is 0.350. The van der Waals surface area contributed by atoms with E-state index in [2.05, 4.69) is 38.1 Å². The molecule has 1 aliphatic heterocycles. The molecule has 0 radical (unpaired) electrons. The average molecular weight is 567 g/mol. The Bertz CT molecular complexity index is 1430. The monoisotopic (exact) mass is 566 g/mol. The summed E-state index contributed by atoms with van der Waals surface area (Å²) in [5.41, 5.74) is 7.31. The number of nitrogens with zero attached hydrogens (tertiary/aromatic N) is 6. The van der Waals surface area contributed by atoms with Crippen molar-refractivity contribution in [3.8, 4) is 17.1 Å². The van der Waals surface area contributed by atoms with Crippen molar-refractivity contribution in [3.05, 3.63) is 52.8 Å². The van der Waals surface area contributed by atoms with Crippen molar-refractivity contribution in [2.45, 2.75) is 12.5 Å². The Balaban J connectivity index is 1.49. The van der Waals surface area contributed by atoms with Crippen LogP contribution in [0.25, 0.3) is 27.9 Å². The highest BCUT2D eigenvalue weighted by Gasteiger charge is 2.36. The predicted molar refractivity (Wildman–Crippen MR) is 146 cm³/mol. The number of hydrogen-bond acceptors (Lipinski definition) is 8. The number of carbonyl (C=O) groups excluding carboxylic acids is 1. The Morgan fingerprint density at radius 3 is 2.57 bits per heavy atom. The molecule has 5 rings (SSSR count). The van der Waals surface area contributed by atoms with Gasteiger partial charge in [-0.3, -0.25) is 9.69 Å². The highest BCUT2D eigenvalue weighted by molar-refractivity contribution is 9.10. The molecule has 2 aromatic carbocycles. The van der Waals surface area contributed by atoms with E-state index >= 15 is 0 Å². The Kier molecular flexibility index (Phi) is 7.13. The summed E-state index contributed by atoms with van der Waals surface area (Å²) in [5, 5.41) is 8.56. The van der Waals surface area contributed by atoms with Crippen molar-refractivity contribution >= 4 is 38.4 Å².